The third-order valence-corrected chi connectivity index (χ3v) is 6.39. The highest BCUT2D eigenvalue weighted by Crippen LogP contribution is 2.33. The molecule has 0 saturated carbocycles. The van der Waals surface area contributed by atoms with E-state index in [1.807, 2.05) is 40.0 Å². The molecule has 2 aliphatic rings. The number of hydrogen-bond donors (Lipinski definition) is 2. The molecule has 0 aliphatic carbocycles. The predicted octanol–water partition coefficient (Wildman–Crippen LogP) is 1.10. The lowest BCUT2D eigenvalue weighted by Gasteiger charge is -2.31. The molecule has 1 fully saturated rings. The van der Waals surface area contributed by atoms with Gasteiger partial charge >= 0.3 is 6.03 Å². The smallest absolute Gasteiger partial charge is 0.312 e. The van der Waals surface area contributed by atoms with Gasteiger partial charge in [-0.05, 0) is 30.4 Å². The van der Waals surface area contributed by atoms with Gasteiger partial charge in [-0.1, -0.05) is 29.8 Å². The molecule has 3 N–H and O–H groups in total. The van der Waals surface area contributed by atoms with Gasteiger partial charge in [0.1, 0.15) is 6.04 Å². The van der Waals surface area contributed by atoms with E-state index in [0.717, 1.165) is 36.2 Å². The van der Waals surface area contributed by atoms with Crippen molar-refractivity contribution in [1.82, 2.24) is 25.2 Å². The van der Waals surface area contributed by atoms with Crippen LogP contribution in [0.3, 0.4) is 0 Å². The van der Waals surface area contributed by atoms with Crippen LogP contribution in [0.2, 0.25) is 0 Å². The van der Waals surface area contributed by atoms with Crippen LogP contribution in [0.1, 0.15) is 37.4 Å². The van der Waals surface area contributed by atoms with Crippen molar-refractivity contribution >= 4 is 23.5 Å². The summed E-state index contributed by atoms with van der Waals surface area (Å²) >= 11 is 0. The van der Waals surface area contributed by atoms with Crippen LogP contribution >= 0.6 is 0 Å². The van der Waals surface area contributed by atoms with Gasteiger partial charge in [0.15, 0.2) is 0 Å². The van der Waals surface area contributed by atoms with E-state index in [1.165, 1.54) is 6.92 Å². The Balaban J connectivity index is 1.40. The monoisotopic (exact) mass is 453 g/mol. The van der Waals surface area contributed by atoms with Crippen LogP contribution in [0.25, 0.3) is 0 Å². The number of amides is 4. The van der Waals surface area contributed by atoms with Crippen molar-refractivity contribution in [2.24, 2.45) is 11.7 Å². The second kappa shape index (κ2) is 10.0. The number of urea groups is 1. The predicted molar refractivity (Wildman–Crippen MR) is 122 cm³/mol. The minimum absolute atomic E-state index is 0.0186. The maximum Gasteiger partial charge on any atom is 0.312 e. The van der Waals surface area contributed by atoms with E-state index in [9.17, 15) is 14.4 Å². The van der Waals surface area contributed by atoms with Gasteiger partial charge in [0, 0.05) is 57.8 Å². The summed E-state index contributed by atoms with van der Waals surface area (Å²) in [5.74, 6) is 0.167. The lowest BCUT2D eigenvalue weighted by atomic mass is 10.0. The number of primary amides is 1. The molecule has 10 nitrogen and oxygen atoms in total. The standard InChI is InChI=1S/C23H31N7O3/c1-16(31)30-20-8-3-2-7-18(20)12-21(30)22(32)28-11-5-4-6-17(13-28)14-29-15-19(26-27-29)9-10-25-23(24)33/h2-3,7-8,15,17,21H,4-6,9-14H2,1H3,(H3,24,25,33)/t17?,21-/m0/s1. The Morgan fingerprint density at radius 2 is 2.03 bits per heavy atom. The highest BCUT2D eigenvalue weighted by molar-refractivity contribution is 6.02. The molecule has 3 heterocycles. The summed E-state index contributed by atoms with van der Waals surface area (Å²) in [4.78, 5) is 40.4. The molecule has 4 amide bonds. The molecule has 10 heteroatoms. The molecular weight excluding hydrogens is 422 g/mol. The van der Waals surface area contributed by atoms with Gasteiger partial charge in [0.25, 0.3) is 0 Å². The van der Waals surface area contributed by atoms with Gasteiger partial charge in [-0.15, -0.1) is 5.10 Å². The van der Waals surface area contributed by atoms with E-state index >= 15 is 0 Å². The molecule has 1 aromatic carbocycles. The van der Waals surface area contributed by atoms with Crippen molar-refractivity contribution in [3.63, 3.8) is 0 Å². The third kappa shape index (κ3) is 5.32. The van der Waals surface area contributed by atoms with Gasteiger partial charge < -0.3 is 16.0 Å². The van der Waals surface area contributed by atoms with E-state index in [4.69, 9.17) is 5.73 Å². The first kappa shape index (κ1) is 22.8. The van der Waals surface area contributed by atoms with Crippen LogP contribution in [0.4, 0.5) is 10.5 Å². The summed E-state index contributed by atoms with van der Waals surface area (Å²) in [7, 11) is 0. The lowest BCUT2D eigenvalue weighted by molar-refractivity contribution is -0.134. The topological polar surface area (TPSA) is 126 Å². The van der Waals surface area contributed by atoms with E-state index in [-0.39, 0.29) is 17.7 Å². The molecule has 2 aromatic rings. The number of likely N-dealkylation sites (tertiary alicyclic amines) is 1. The molecule has 2 atom stereocenters. The van der Waals surface area contributed by atoms with Gasteiger partial charge in [-0.25, -0.2) is 4.79 Å². The second-order valence-corrected chi connectivity index (χ2v) is 8.86. The van der Waals surface area contributed by atoms with Crippen LogP contribution in [-0.4, -0.2) is 63.4 Å². The first-order valence-corrected chi connectivity index (χ1v) is 11.5. The summed E-state index contributed by atoms with van der Waals surface area (Å²) in [6.07, 6.45) is 5.99. The average molecular weight is 454 g/mol. The summed E-state index contributed by atoms with van der Waals surface area (Å²) < 4.78 is 1.81. The van der Waals surface area contributed by atoms with Crippen molar-refractivity contribution < 1.29 is 14.4 Å². The van der Waals surface area contributed by atoms with E-state index < -0.39 is 12.1 Å². The molecule has 176 valence electrons. The zero-order valence-electron chi connectivity index (χ0n) is 18.9. The Morgan fingerprint density at radius 1 is 1.21 bits per heavy atom. The highest BCUT2D eigenvalue weighted by atomic mass is 16.2. The number of nitrogens with zero attached hydrogens (tertiary/aromatic N) is 5. The fraction of sp³-hybridized carbons (Fsp3) is 0.522. The fourth-order valence-electron chi connectivity index (χ4n) is 4.88. The summed E-state index contributed by atoms with van der Waals surface area (Å²) in [5, 5.41) is 10.9. The first-order chi connectivity index (χ1) is 15.9. The van der Waals surface area contributed by atoms with E-state index in [2.05, 4.69) is 15.6 Å². The van der Waals surface area contributed by atoms with Gasteiger partial charge in [0.05, 0.1) is 5.69 Å². The third-order valence-electron chi connectivity index (χ3n) is 6.39. The van der Waals surface area contributed by atoms with Gasteiger partial charge in [-0.3, -0.25) is 19.2 Å². The molecule has 0 radical (unpaired) electrons. The van der Waals surface area contributed by atoms with Crippen molar-refractivity contribution in [3.05, 3.63) is 41.7 Å². The van der Waals surface area contributed by atoms with Crippen LogP contribution in [0, 0.1) is 5.92 Å². The molecule has 4 rings (SSSR count). The Kier molecular flexibility index (Phi) is 6.90. The summed E-state index contributed by atoms with van der Waals surface area (Å²) in [5.41, 5.74) is 7.75. The zero-order valence-corrected chi connectivity index (χ0v) is 18.9. The first-order valence-electron chi connectivity index (χ1n) is 11.5. The molecule has 1 saturated heterocycles. The lowest BCUT2D eigenvalue weighted by Crippen LogP contribution is -2.50. The minimum atomic E-state index is -0.556. The molecule has 1 aromatic heterocycles. The number of anilines is 1. The van der Waals surface area contributed by atoms with Gasteiger partial charge in [0.2, 0.25) is 11.8 Å². The number of benzene rings is 1. The molecule has 2 aliphatic heterocycles. The van der Waals surface area contributed by atoms with Gasteiger partial charge in [-0.2, -0.15) is 0 Å². The average Bonchev–Trinajstić information content (AvgIpc) is 3.31. The number of hydrogen-bond acceptors (Lipinski definition) is 5. The number of carbonyl (C=O) groups excluding carboxylic acids is 3. The Bertz CT molecular complexity index is 1020. The van der Waals surface area contributed by atoms with Crippen LogP contribution in [0.5, 0.6) is 0 Å². The van der Waals surface area contributed by atoms with Crippen molar-refractivity contribution in [3.8, 4) is 0 Å². The van der Waals surface area contributed by atoms with Crippen molar-refractivity contribution in [2.75, 3.05) is 24.5 Å². The Hall–Kier alpha value is -3.43. The Labute approximate surface area is 193 Å². The van der Waals surface area contributed by atoms with Crippen LogP contribution in [-0.2, 0) is 29.0 Å². The molecule has 33 heavy (non-hydrogen) atoms. The maximum absolute atomic E-state index is 13.6. The maximum atomic E-state index is 13.6. The van der Waals surface area contributed by atoms with E-state index in [0.29, 0.717) is 39.0 Å². The highest BCUT2D eigenvalue weighted by Gasteiger charge is 2.39. The Morgan fingerprint density at radius 3 is 2.82 bits per heavy atom. The number of fused-ring (bicyclic) bond motifs is 1. The molecule has 1 unspecified atom stereocenters. The summed E-state index contributed by atoms with van der Waals surface area (Å²) in [6, 6.07) is 6.72. The summed E-state index contributed by atoms with van der Waals surface area (Å²) in [6.45, 7) is 3.94. The molecule has 0 bridgehead atoms. The minimum Gasteiger partial charge on any atom is -0.352 e. The van der Waals surface area contributed by atoms with Crippen molar-refractivity contribution in [1.29, 1.82) is 0 Å². The van der Waals surface area contributed by atoms with E-state index in [1.54, 1.807) is 4.90 Å². The SMILES string of the molecule is CC(=O)N1c2ccccc2C[C@H]1C(=O)N1CCCCC(Cn2cc(CCNC(N)=O)nn2)C1. The fourth-order valence-corrected chi connectivity index (χ4v) is 4.88. The number of nitrogens with one attached hydrogen (secondary N) is 1. The van der Waals surface area contributed by atoms with Crippen LogP contribution in [0.15, 0.2) is 30.5 Å². The molecular formula is C23H31N7O3. The number of nitrogens with two attached hydrogens (primary N) is 1. The number of carbonyl (C=O) groups is 3. The zero-order chi connectivity index (χ0) is 23.4. The largest absolute Gasteiger partial charge is 0.352 e. The van der Waals surface area contributed by atoms with Crippen LogP contribution < -0.4 is 16.0 Å². The number of aromatic nitrogens is 3. The number of para-hydroxylation sites is 1. The second-order valence-electron chi connectivity index (χ2n) is 8.86. The quantitative estimate of drug-likeness (QED) is 0.677. The normalized spacial score (nSPS) is 20.3. The molecule has 0 spiro atoms. The number of rotatable bonds is 6. The van der Waals surface area contributed by atoms with Crippen molar-refractivity contribution in [2.45, 2.75) is 51.6 Å².